The Morgan fingerprint density at radius 2 is 2.64 bits per heavy atom. The predicted octanol–water partition coefficient (Wildman–Crippen LogP) is 1.52. The van der Waals surface area contributed by atoms with Crippen LogP contribution in [0, 0.1) is 0 Å². The molecule has 1 saturated heterocycles. The number of esters is 1. The predicted molar refractivity (Wildman–Crippen MR) is 37.4 cm³/mol. The summed E-state index contributed by atoms with van der Waals surface area (Å²) in [5.41, 5.74) is 8.38. The van der Waals surface area contributed by atoms with Crippen LogP contribution in [0.1, 0.15) is 13.3 Å². The van der Waals surface area contributed by atoms with Gasteiger partial charge in [0.05, 0.1) is 0 Å². The van der Waals surface area contributed by atoms with Crippen molar-refractivity contribution in [2.45, 2.75) is 19.4 Å². The van der Waals surface area contributed by atoms with E-state index >= 15 is 0 Å². The molecule has 0 N–H and O–H groups in total. The van der Waals surface area contributed by atoms with Gasteiger partial charge >= 0.3 is 5.97 Å². The molecule has 5 nitrogen and oxygen atoms in total. The Hall–Kier alpha value is -1.48. The van der Waals surface area contributed by atoms with Gasteiger partial charge in [0.1, 0.15) is 6.10 Å². The molecular formula is C6H7N3O2. The van der Waals surface area contributed by atoms with Gasteiger partial charge in [0.2, 0.25) is 0 Å². The number of carbonyl (C=O) groups excluding carboxylic acids is 1. The van der Waals surface area contributed by atoms with Crippen LogP contribution in [0.25, 0.3) is 10.4 Å². The molecular weight excluding hydrogens is 146 g/mol. The van der Waals surface area contributed by atoms with Crippen LogP contribution in [0.4, 0.5) is 0 Å². The average Bonchev–Trinajstić information content (AvgIpc) is 2.26. The quantitative estimate of drug-likeness (QED) is 0.188. The first-order valence-electron chi connectivity index (χ1n) is 3.18. The van der Waals surface area contributed by atoms with E-state index in [4.69, 9.17) is 10.3 Å². The molecule has 0 amide bonds. The second-order valence-electron chi connectivity index (χ2n) is 2.28. The first kappa shape index (κ1) is 7.63. The third kappa shape index (κ3) is 1.72. The molecule has 0 spiro atoms. The van der Waals surface area contributed by atoms with Crippen molar-refractivity contribution in [3.05, 3.63) is 22.2 Å². The Morgan fingerprint density at radius 1 is 1.91 bits per heavy atom. The molecule has 0 radical (unpaired) electrons. The molecule has 0 aromatic rings. The molecule has 1 fully saturated rings. The van der Waals surface area contributed by atoms with Gasteiger partial charge in [-0.15, -0.1) is 0 Å². The molecule has 11 heavy (non-hydrogen) atoms. The lowest BCUT2D eigenvalue weighted by Gasteiger charge is -1.94. The summed E-state index contributed by atoms with van der Waals surface area (Å²) in [5.74, 6) is -0.384. The van der Waals surface area contributed by atoms with Gasteiger partial charge in [-0.2, -0.15) is 0 Å². The third-order valence-electron chi connectivity index (χ3n) is 1.34. The molecule has 1 atom stereocenters. The zero-order chi connectivity index (χ0) is 8.27. The number of hydrogen-bond acceptors (Lipinski definition) is 3. The lowest BCUT2D eigenvalue weighted by molar-refractivity contribution is -0.138. The van der Waals surface area contributed by atoms with Crippen molar-refractivity contribution in [3.63, 3.8) is 0 Å². The smallest absolute Gasteiger partial charge is 0.334 e. The Labute approximate surface area is 63.3 Å². The number of nitrogens with zero attached hydrogens (tertiary/aromatic N) is 3. The highest BCUT2D eigenvalue weighted by Gasteiger charge is 2.24. The van der Waals surface area contributed by atoms with E-state index in [1.807, 2.05) is 0 Å². The number of rotatable bonds is 1. The van der Waals surface area contributed by atoms with Gasteiger partial charge in [0, 0.05) is 23.1 Å². The van der Waals surface area contributed by atoms with Gasteiger partial charge in [-0.1, -0.05) is 5.11 Å². The molecule has 0 aromatic carbocycles. The molecule has 0 aliphatic carbocycles. The number of cyclic esters (lactones) is 1. The van der Waals surface area contributed by atoms with E-state index in [9.17, 15) is 4.79 Å². The fourth-order valence-electron chi connectivity index (χ4n) is 0.894. The molecule has 1 rings (SSSR count). The van der Waals surface area contributed by atoms with Gasteiger partial charge in [-0.3, -0.25) is 0 Å². The van der Waals surface area contributed by atoms with Crippen molar-refractivity contribution in [3.8, 4) is 0 Å². The van der Waals surface area contributed by atoms with E-state index in [1.165, 1.54) is 6.20 Å². The van der Waals surface area contributed by atoms with Crippen molar-refractivity contribution in [2.24, 2.45) is 5.11 Å². The standard InChI is InChI=1S/C6H7N3O2/c1-4-2-5(3-8-9-7)6(10)11-4/h3-4H,2H2,1H3/b5-3+. The number of azide groups is 1. The van der Waals surface area contributed by atoms with E-state index in [0.717, 1.165) is 0 Å². The summed E-state index contributed by atoms with van der Waals surface area (Å²) in [5, 5.41) is 3.16. The Kier molecular flexibility index (Phi) is 2.13. The summed E-state index contributed by atoms with van der Waals surface area (Å²) in [4.78, 5) is 13.3. The number of carbonyl (C=O) groups is 1. The molecule has 0 bridgehead atoms. The zero-order valence-corrected chi connectivity index (χ0v) is 6.02. The van der Waals surface area contributed by atoms with Gasteiger partial charge in [-0.05, 0) is 12.5 Å². The second kappa shape index (κ2) is 3.07. The summed E-state index contributed by atoms with van der Waals surface area (Å²) in [6.07, 6.45) is 1.63. The van der Waals surface area contributed by atoms with Gasteiger partial charge in [0.25, 0.3) is 0 Å². The molecule has 1 unspecified atom stereocenters. The summed E-state index contributed by atoms with van der Waals surface area (Å²) >= 11 is 0. The molecule has 1 heterocycles. The minimum Gasteiger partial charge on any atom is -0.459 e. The lowest BCUT2D eigenvalue weighted by atomic mass is 10.2. The van der Waals surface area contributed by atoms with E-state index in [2.05, 4.69) is 10.0 Å². The van der Waals surface area contributed by atoms with Crippen LogP contribution in [0.3, 0.4) is 0 Å². The Balaban J connectivity index is 2.74. The number of hydrogen-bond donors (Lipinski definition) is 0. The lowest BCUT2D eigenvalue weighted by Crippen LogP contribution is -1.99. The normalized spacial score (nSPS) is 26.5. The third-order valence-corrected chi connectivity index (χ3v) is 1.34. The maximum atomic E-state index is 10.8. The van der Waals surface area contributed by atoms with E-state index < -0.39 is 0 Å². The van der Waals surface area contributed by atoms with E-state index in [-0.39, 0.29) is 12.1 Å². The fourth-order valence-corrected chi connectivity index (χ4v) is 0.894. The number of ether oxygens (including phenoxy) is 1. The van der Waals surface area contributed by atoms with E-state index in [0.29, 0.717) is 12.0 Å². The first-order valence-corrected chi connectivity index (χ1v) is 3.18. The zero-order valence-electron chi connectivity index (χ0n) is 6.02. The monoisotopic (exact) mass is 153 g/mol. The van der Waals surface area contributed by atoms with Gasteiger partial charge < -0.3 is 4.74 Å². The molecule has 5 heteroatoms. The van der Waals surface area contributed by atoms with Crippen molar-refractivity contribution >= 4 is 5.97 Å². The highest BCUT2D eigenvalue weighted by Crippen LogP contribution is 2.19. The van der Waals surface area contributed by atoms with Crippen LogP contribution in [0.2, 0.25) is 0 Å². The summed E-state index contributed by atoms with van der Waals surface area (Å²) in [6.45, 7) is 1.79. The summed E-state index contributed by atoms with van der Waals surface area (Å²) in [7, 11) is 0. The van der Waals surface area contributed by atoms with Crippen molar-refractivity contribution < 1.29 is 9.53 Å². The molecule has 1 aliphatic heterocycles. The second-order valence-corrected chi connectivity index (χ2v) is 2.28. The molecule has 0 aromatic heterocycles. The fraction of sp³-hybridized carbons (Fsp3) is 0.500. The SMILES string of the molecule is CC1C/C(=C\N=[N+]=[N-])C(=O)O1. The van der Waals surface area contributed by atoms with Crippen LogP contribution in [-0.2, 0) is 9.53 Å². The van der Waals surface area contributed by atoms with Crippen molar-refractivity contribution in [2.75, 3.05) is 0 Å². The maximum absolute atomic E-state index is 10.8. The van der Waals surface area contributed by atoms with Crippen LogP contribution in [0.15, 0.2) is 16.9 Å². The summed E-state index contributed by atoms with van der Waals surface area (Å²) in [6, 6.07) is 0. The minimum atomic E-state index is -0.384. The van der Waals surface area contributed by atoms with Crippen LogP contribution in [-0.4, -0.2) is 12.1 Å². The van der Waals surface area contributed by atoms with Gasteiger partial charge in [-0.25, -0.2) is 4.79 Å². The Morgan fingerprint density at radius 3 is 3.09 bits per heavy atom. The van der Waals surface area contributed by atoms with Crippen LogP contribution < -0.4 is 0 Å². The van der Waals surface area contributed by atoms with Gasteiger partial charge in [0.15, 0.2) is 0 Å². The van der Waals surface area contributed by atoms with Crippen molar-refractivity contribution in [1.82, 2.24) is 0 Å². The summed E-state index contributed by atoms with van der Waals surface area (Å²) < 4.78 is 4.78. The van der Waals surface area contributed by atoms with Crippen LogP contribution >= 0.6 is 0 Å². The Bertz CT molecular complexity index is 253. The first-order chi connectivity index (χ1) is 5.24. The molecule has 0 saturated carbocycles. The largest absolute Gasteiger partial charge is 0.459 e. The minimum absolute atomic E-state index is 0.0948. The molecule has 1 aliphatic rings. The maximum Gasteiger partial charge on any atom is 0.334 e. The van der Waals surface area contributed by atoms with Crippen molar-refractivity contribution in [1.29, 1.82) is 0 Å². The highest BCUT2D eigenvalue weighted by atomic mass is 16.5. The van der Waals surface area contributed by atoms with E-state index in [1.54, 1.807) is 6.92 Å². The molecule has 58 valence electrons. The van der Waals surface area contributed by atoms with Crippen LogP contribution in [0.5, 0.6) is 0 Å². The highest BCUT2D eigenvalue weighted by molar-refractivity contribution is 5.90. The topological polar surface area (TPSA) is 75.1 Å². The average molecular weight is 153 g/mol.